The average Bonchev–Trinajstić information content (AvgIpc) is 2.66. The van der Waals surface area contributed by atoms with Crippen molar-refractivity contribution in [2.75, 3.05) is 6.61 Å². The van der Waals surface area contributed by atoms with E-state index in [0.717, 1.165) is 31.2 Å². The highest BCUT2D eigenvalue weighted by Gasteiger charge is 2.30. The van der Waals surface area contributed by atoms with Gasteiger partial charge in [-0.2, -0.15) is 0 Å². The van der Waals surface area contributed by atoms with E-state index in [2.05, 4.69) is 25.7 Å². The number of esters is 1. The SMILES string of the molecule is C=CCOC(=O)[C@@H](Cc1ccccc1)NC(=O)C1CCC(C(C)C)CC1. The Labute approximate surface area is 157 Å². The normalized spacial score (nSPS) is 21.0. The summed E-state index contributed by atoms with van der Waals surface area (Å²) in [6.07, 6.45) is 5.93. The van der Waals surface area contributed by atoms with Crippen LogP contribution in [0, 0.1) is 17.8 Å². The summed E-state index contributed by atoms with van der Waals surface area (Å²) in [5.74, 6) is 0.938. The zero-order valence-corrected chi connectivity index (χ0v) is 15.9. The van der Waals surface area contributed by atoms with Gasteiger partial charge in [0.05, 0.1) is 0 Å². The van der Waals surface area contributed by atoms with Crippen LogP contribution < -0.4 is 5.32 Å². The van der Waals surface area contributed by atoms with Crippen LogP contribution in [-0.2, 0) is 20.7 Å². The maximum Gasteiger partial charge on any atom is 0.329 e. The molecule has 142 valence electrons. The molecule has 0 aliphatic heterocycles. The zero-order valence-electron chi connectivity index (χ0n) is 15.9. The van der Waals surface area contributed by atoms with E-state index in [-0.39, 0.29) is 18.4 Å². The summed E-state index contributed by atoms with van der Waals surface area (Å²) in [5, 5.41) is 2.94. The van der Waals surface area contributed by atoms with Crippen LogP contribution in [0.1, 0.15) is 45.1 Å². The van der Waals surface area contributed by atoms with Gasteiger partial charge in [0.2, 0.25) is 5.91 Å². The number of benzene rings is 1. The molecule has 1 aromatic rings. The van der Waals surface area contributed by atoms with Gasteiger partial charge in [-0.25, -0.2) is 4.79 Å². The zero-order chi connectivity index (χ0) is 18.9. The van der Waals surface area contributed by atoms with Crippen molar-refractivity contribution in [1.29, 1.82) is 0 Å². The minimum atomic E-state index is -0.660. The number of nitrogens with one attached hydrogen (secondary N) is 1. The van der Waals surface area contributed by atoms with Gasteiger partial charge >= 0.3 is 5.97 Å². The van der Waals surface area contributed by atoms with E-state index in [1.807, 2.05) is 30.3 Å². The first-order valence-corrected chi connectivity index (χ1v) is 9.63. The van der Waals surface area contributed by atoms with Crippen molar-refractivity contribution in [3.8, 4) is 0 Å². The van der Waals surface area contributed by atoms with Gasteiger partial charge in [-0.15, -0.1) is 0 Å². The lowest BCUT2D eigenvalue weighted by molar-refractivity contribution is -0.147. The van der Waals surface area contributed by atoms with Crippen molar-refractivity contribution in [2.24, 2.45) is 17.8 Å². The first kappa shape index (κ1) is 20.2. The van der Waals surface area contributed by atoms with Crippen LogP contribution >= 0.6 is 0 Å². The summed E-state index contributed by atoms with van der Waals surface area (Å²) in [5.41, 5.74) is 0.997. The van der Waals surface area contributed by atoms with Gasteiger partial charge in [-0.05, 0) is 43.1 Å². The molecule has 0 unspecified atom stereocenters. The van der Waals surface area contributed by atoms with Crippen molar-refractivity contribution in [2.45, 2.75) is 52.0 Å². The molecule has 1 saturated carbocycles. The summed E-state index contributed by atoms with van der Waals surface area (Å²) >= 11 is 0. The quantitative estimate of drug-likeness (QED) is 0.567. The van der Waals surface area contributed by atoms with E-state index in [4.69, 9.17) is 4.74 Å². The smallest absolute Gasteiger partial charge is 0.329 e. The first-order chi connectivity index (χ1) is 12.5. The lowest BCUT2D eigenvalue weighted by Crippen LogP contribution is -2.46. The largest absolute Gasteiger partial charge is 0.460 e. The molecule has 26 heavy (non-hydrogen) atoms. The molecular weight excluding hydrogens is 326 g/mol. The Hall–Kier alpha value is -2.10. The average molecular weight is 357 g/mol. The maximum absolute atomic E-state index is 12.7. The fraction of sp³-hybridized carbons (Fsp3) is 0.545. The molecule has 1 amide bonds. The third-order valence-corrected chi connectivity index (χ3v) is 5.31. The summed E-state index contributed by atoms with van der Waals surface area (Å²) in [6, 6.07) is 9.03. The molecule has 0 radical (unpaired) electrons. The fourth-order valence-electron chi connectivity index (χ4n) is 3.62. The third kappa shape index (κ3) is 6.01. The molecule has 1 aromatic carbocycles. The molecule has 0 bridgehead atoms. The molecule has 4 nitrogen and oxygen atoms in total. The van der Waals surface area contributed by atoms with Crippen molar-refractivity contribution in [3.63, 3.8) is 0 Å². The van der Waals surface area contributed by atoms with Gasteiger partial charge in [0.1, 0.15) is 12.6 Å². The predicted octanol–water partition coefficient (Wildman–Crippen LogP) is 3.91. The second-order valence-corrected chi connectivity index (χ2v) is 7.53. The minimum absolute atomic E-state index is 0.00419. The number of hydrogen-bond acceptors (Lipinski definition) is 3. The number of hydrogen-bond donors (Lipinski definition) is 1. The molecule has 1 fully saturated rings. The number of rotatable bonds is 8. The van der Waals surface area contributed by atoms with Crippen molar-refractivity contribution < 1.29 is 14.3 Å². The molecule has 0 saturated heterocycles. The van der Waals surface area contributed by atoms with E-state index < -0.39 is 12.0 Å². The summed E-state index contributed by atoms with van der Waals surface area (Å²) in [6.45, 7) is 8.21. The van der Waals surface area contributed by atoms with Gasteiger partial charge < -0.3 is 10.1 Å². The highest BCUT2D eigenvalue weighted by molar-refractivity contribution is 5.86. The van der Waals surface area contributed by atoms with E-state index in [0.29, 0.717) is 18.3 Å². The Kier molecular flexibility index (Phi) is 7.89. The number of carbonyl (C=O) groups is 2. The van der Waals surface area contributed by atoms with Crippen molar-refractivity contribution >= 4 is 11.9 Å². The molecule has 2 rings (SSSR count). The van der Waals surface area contributed by atoms with Crippen LogP contribution in [0.2, 0.25) is 0 Å². The number of carbonyl (C=O) groups excluding carboxylic acids is 2. The highest BCUT2D eigenvalue weighted by atomic mass is 16.5. The lowest BCUT2D eigenvalue weighted by atomic mass is 9.76. The maximum atomic E-state index is 12.7. The molecule has 0 heterocycles. The molecule has 0 spiro atoms. The number of ether oxygens (including phenoxy) is 1. The third-order valence-electron chi connectivity index (χ3n) is 5.31. The first-order valence-electron chi connectivity index (χ1n) is 9.63. The molecule has 4 heteroatoms. The molecule has 0 aromatic heterocycles. The van der Waals surface area contributed by atoms with Gasteiger partial charge in [-0.3, -0.25) is 4.79 Å². The second kappa shape index (κ2) is 10.1. The summed E-state index contributed by atoms with van der Waals surface area (Å²) in [7, 11) is 0. The lowest BCUT2D eigenvalue weighted by Gasteiger charge is -2.31. The molecule has 1 aliphatic carbocycles. The molecule has 1 aliphatic rings. The van der Waals surface area contributed by atoms with E-state index in [1.165, 1.54) is 6.08 Å². The van der Waals surface area contributed by atoms with Crippen LogP contribution in [-0.4, -0.2) is 24.5 Å². The predicted molar refractivity (Wildman–Crippen MR) is 104 cm³/mol. The highest BCUT2D eigenvalue weighted by Crippen LogP contribution is 2.33. The molecule has 1 N–H and O–H groups in total. The van der Waals surface area contributed by atoms with Crippen LogP contribution in [0.4, 0.5) is 0 Å². The Morgan fingerprint density at radius 3 is 2.42 bits per heavy atom. The van der Waals surface area contributed by atoms with Gasteiger partial charge in [-0.1, -0.05) is 56.8 Å². The summed E-state index contributed by atoms with van der Waals surface area (Å²) < 4.78 is 5.19. The van der Waals surface area contributed by atoms with E-state index >= 15 is 0 Å². The van der Waals surface area contributed by atoms with Crippen LogP contribution in [0.5, 0.6) is 0 Å². The molecule has 1 atom stereocenters. The standard InChI is InChI=1S/C22H31NO3/c1-4-14-26-22(25)20(15-17-8-6-5-7-9-17)23-21(24)19-12-10-18(11-13-19)16(2)3/h4-9,16,18-20H,1,10-15H2,2-3H3,(H,23,24)/t18?,19?,20-/m1/s1. The van der Waals surface area contributed by atoms with Crippen LogP contribution in [0.25, 0.3) is 0 Å². The number of amides is 1. The van der Waals surface area contributed by atoms with Crippen molar-refractivity contribution in [3.05, 3.63) is 48.6 Å². The minimum Gasteiger partial charge on any atom is -0.460 e. The summed E-state index contributed by atoms with van der Waals surface area (Å²) in [4.78, 5) is 25.1. The Morgan fingerprint density at radius 1 is 1.19 bits per heavy atom. The van der Waals surface area contributed by atoms with Gasteiger partial charge in [0.25, 0.3) is 0 Å². The van der Waals surface area contributed by atoms with Gasteiger partial charge in [0.15, 0.2) is 0 Å². The second-order valence-electron chi connectivity index (χ2n) is 7.53. The Balaban J connectivity index is 1.97. The monoisotopic (exact) mass is 357 g/mol. The van der Waals surface area contributed by atoms with Gasteiger partial charge in [0, 0.05) is 12.3 Å². The van der Waals surface area contributed by atoms with Crippen LogP contribution in [0.15, 0.2) is 43.0 Å². The van der Waals surface area contributed by atoms with Crippen molar-refractivity contribution in [1.82, 2.24) is 5.32 Å². The topological polar surface area (TPSA) is 55.4 Å². The Morgan fingerprint density at radius 2 is 1.85 bits per heavy atom. The Bertz CT molecular complexity index is 589. The van der Waals surface area contributed by atoms with Crippen LogP contribution in [0.3, 0.4) is 0 Å². The van der Waals surface area contributed by atoms with E-state index in [9.17, 15) is 9.59 Å². The fourth-order valence-corrected chi connectivity index (χ4v) is 3.62. The van der Waals surface area contributed by atoms with E-state index in [1.54, 1.807) is 0 Å². The molecular formula is C22H31NO3.